The highest BCUT2D eigenvalue weighted by Crippen LogP contribution is 2.20. The molecule has 2 aromatic rings. The predicted octanol–water partition coefficient (Wildman–Crippen LogP) is 2.59. The van der Waals surface area contributed by atoms with E-state index in [1.807, 2.05) is 19.1 Å². The summed E-state index contributed by atoms with van der Waals surface area (Å²) in [6.45, 7) is 1.92. The van der Waals surface area contributed by atoms with Gasteiger partial charge in [-0.15, -0.1) is 0 Å². The average Bonchev–Trinajstić information content (AvgIpc) is 2.04. The van der Waals surface area contributed by atoms with Crippen molar-refractivity contribution in [1.29, 1.82) is 0 Å². The van der Waals surface area contributed by atoms with E-state index in [0.717, 1.165) is 16.5 Å². The second kappa shape index (κ2) is 2.72. The summed E-state index contributed by atoms with van der Waals surface area (Å²) in [4.78, 5) is 8.11. The minimum atomic E-state index is 0.526. The molecule has 0 saturated carbocycles. The first-order chi connectivity index (χ1) is 5.77. The van der Waals surface area contributed by atoms with Crippen LogP contribution in [0.2, 0.25) is 5.15 Å². The van der Waals surface area contributed by atoms with E-state index in [-0.39, 0.29) is 0 Å². The van der Waals surface area contributed by atoms with E-state index in [9.17, 15) is 0 Å². The second-order valence-corrected chi connectivity index (χ2v) is 3.01. The molecular formula is C9H7ClN2. The molecule has 60 valence electrons. The Labute approximate surface area is 75.2 Å². The van der Waals surface area contributed by atoms with E-state index in [1.165, 1.54) is 0 Å². The number of fused-ring (bicyclic) bond motifs is 1. The zero-order valence-corrected chi connectivity index (χ0v) is 7.34. The number of rotatable bonds is 0. The summed E-state index contributed by atoms with van der Waals surface area (Å²) >= 11 is 5.91. The molecule has 0 saturated heterocycles. The molecule has 2 nitrogen and oxygen atoms in total. The van der Waals surface area contributed by atoms with Gasteiger partial charge in [-0.25, -0.2) is 4.98 Å². The number of nitrogens with zero attached hydrogens (tertiary/aromatic N) is 2. The van der Waals surface area contributed by atoms with Crippen molar-refractivity contribution < 1.29 is 0 Å². The van der Waals surface area contributed by atoms with Crippen LogP contribution >= 0.6 is 11.6 Å². The Morgan fingerprint density at radius 1 is 1.42 bits per heavy atom. The highest BCUT2D eigenvalue weighted by Gasteiger charge is 1.99. The first-order valence-electron chi connectivity index (χ1n) is 3.64. The first kappa shape index (κ1) is 7.50. The Kier molecular flexibility index (Phi) is 1.70. The maximum Gasteiger partial charge on any atom is 0.138 e. The van der Waals surface area contributed by atoms with Crippen LogP contribution in [0.1, 0.15) is 5.69 Å². The number of aryl methyl sites for hydroxylation is 1. The molecule has 12 heavy (non-hydrogen) atoms. The van der Waals surface area contributed by atoms with Crippen LogP contribution < -0.4 is 0 Å². The van der Waals surface area contributed by atoms with Crippen LogP contribution in [0.25, 0.3) is 10.8 Å². The van der Waals surface area contributed by atoms with Gasteiger partial charge >= 0.3 is 0 Å². The van der Waals surface area contributed by atoms with Crippen molar-refractivity contribution in [2.45, 2.75) is 6.92 Å². The van der Waals surface area contributed by atoms with Crippen molar-refractivity contribution in [3.8, 4) is 0 Å². The maximum atomic E-state index is 5.91. The monoisotopic (exact) mass is 178 g/mol. The van der Waals surface area contributed by atoms with Gasteiger partial charge in [0.05, 0.1) is 0 Å². The predicted molar refractivity (Wildman–Crippen MR) is 49.3 cm³/mol. The largest absolute Gasteiger partial charge is 0.264 e. The Morgan fingerprint density at radius 3 is 3.08 bits per heavy atom. The molecule has 0 radical (unpaired) electrons. The lowest BCUT2D eigenvalue weighted by Crippen LogP contribution is -1.84. The van der Waals surface area contributed by atoms with Crippen molar-refractivity contribution in [2.75, 3.05) is 0 Å². The first-order valence-corrected chi connectivity index (χ1v) is 4.02. The molecule has 2 heterocycles. The van der Waals surface area contributed by atoms with Gasteiger partial charge < -0.3 is 0 Å². The number of aromatic nitrogens is 2. The van der Waals surface area contributed by atoms with E-state index in [1.54, 1.807) is 12.4 Å². The third kappa shape index (κ3) is 1.14. The lowest BCUT2D eigenvalue weighted by Gasteiger charge is -1.99. The van der Waals surface area contributed by atoms with Gasteiger partial charge in [-0.1, -0.05) is 11.6 Å². The smallest absolute Gasteiger partial charge is 0.138 e. The van der Waals surface area contributed by atoms with Gasteiger partial charge in [0.2, 0.25) is 0 Å². The number of hydrogen-bond acceptors (Lipinski definition) is 2. The standard InChI is InChI=1S/C9H7ClN2/c1-6-4-7-2-3-11-5-8(7)9(10)12-6/h2-5H,1H3. The molecule has 2 rings (SSSR count). The Hall–Kier alpha value is -1.15. The Balaban J connectivity index is 2.89. The van der Waals surface area contributed by atoms with Crippen molar-refractivity contribution in [2.24, 2.45) is 0 Å². The molecule has 2 aromatic heterocycles. The van der Waals surface area contributed by atoms with E-state index >= 15 is 0 Å². The van der Waals surface area contributed by atoms with Crippen LogP contribution in [0.4, 0.5) is 0 Å². The highest BCUT2D eigenvalue weighted by molar-refractivity contribution is 6.34. The molecule has 0 N–H and O–H groups in total. The summed E-state index contributed by atoms with van der Waals surface area (Å²) in [5, 5.41) is 2.52. The molecule has 0 bridgehead atoms. The summed E-state index contributed by atoms with van der Waals surface area (Å²) < 4.78 is 0. The highest BCUT2D eigenvalue weighted by atomic mass is 35.5. The van der Waals surface area contributed by atoms with Gasteiger partial charge in [-0.05, 0) is 24.4 Å². The molecule has 0 amide bonds. The third-order valence-electron chi connectivity index (χ3n) is 1.72. The maximum absolute atomic E-state index is 5.91. The summed E-state index contributed by atoms with van der Waals surface area (Å²) in [5.74, 6) is 0. The zero-order chi connectivity index (χ0) is 8.55. The SMILES string of the molecule is Cc1cc2ccncc2c(Cl)n1. The minimum absolute atomic E-state index is 0.526. The minimum Gasteiger partial charge on any atom is -0.264 e. The Bertz CT molecular complexity index is 426. The van der Waals surface area contributed by atoms with Gasteiger partial charge in [-0.3, -0.25) is 4.98 Å². The zero-order valence-electron chi connectivity index (χ0n) is 6.58. The van der Waals surface area contributed by atoms with E-state index < -0.39 is 0 Å². The number of halogens is 1. The third-order valence-corrected chi connectivity index (χ3v) is 2.00. The molecule has 0 aliphatic rings. The van der Waals surface area contributed by atoms with Crippen LogP contribution in [-0.2, 0) is 0 Å². The van der Waals surface area contributed by atoms with Gasteiger partial charge in [0.25, 0.3) is 0 Å². The molecule has 0 aliphatic heterocycles. The van der Waals surface area contributed by atoms with Crippen LogP contribution in [-0.4, -0.2) is 9.97 Å². The second-order valence-electron chi connectivity index (χ2n) is 2.65. The van der Waals surface area contributed by atoms with Gasteiger partial charge in [0.1, 0.15) is 5.15 Å². The van der Waals surface area contributed by atoms with Gasteiger partial charge in [-0.2, -0.15) is 0 Å². The topological polar surface area (TPSA) is 25.8 Å². The van der Waals surface area contributed by atoms with Gasteiger partial charge in [0, 0.05) is 23.5 Å². The fourth-order valence-corrected chi connectivity index (χ4v) is 1.47. The lowest BCUT2D eigenvalue weighted by molar-refractivity contribution is 1.22. The van der Waals surface area contributed by atoms with Crippen LogP contribution in [0, 0.1) is 6.92 Å². The average molecular weight is 179 g/mol. The molecule has 0 fully saturated rings. The van der Waals surface area contributed by atoms with E-state index in [0.29, 0.717) is 5.15 Å². The van der Waals surface area contributed by atoms with Gasteiger partial charge in [0.15, 0.2) is 0 Å². The summed E-state index contributed by atoms with van der Waals surface area (Å²) in [7, 11) is 0. The summed E-state index contributed by atoms with van der Waals surface area (Å²) in [6, 6.07) is 3.92. The molecule has 3 heteroatoms. The molecular weight excluding hydrogens is 172 g/mol. The molecule has 0 atom stereocenters. The van der Waals surface area contributed by atoms with Crippen molar-refractivity contribution >= 4 is 22.4 Å². The molecule has 0 unspecified atom stereocenters. The quantitative estimate of drug-likeness (QED) is 0.580. The number of hydrogen-bond donors (Lipinski definition) is 0. The lowest BCUT2D eigenvalue weighted by atomic mass is 10.2. The number of pyridine rings is 2. The van der Waals surface area contributed by atoms with E-state index in [2.05, 4.69) is 9.97 Å². The molecule has 0 aromatic carbocycles. The molecule has 0 spiro atoms. The normalized spacial score (nSPS) is 10.5. The van der Waals surface area contributed by atoms with Crippen LogP contribution in [0.5, 0.6) is 0 Å². The molecule has 0 aliphatic carbocycles. The summed E-state index contributed by atoms with van der Waals surface area (Å²) in [5.41, 5.74) is 0.929. The van der Waals surface area contributed by atoms with Crippen molar-refractivity contribution in [3.63, 3.8) is 0 Å². The Morgan fingerprint density at radius 2 is 2.25 bits per heavy atom. The fraction of sp³-hybridized carbons (Fsp3) is 0.111. The summed E-state index contributed by atoms with van der Waals surface area (Å²) in [6.07, 6.45) is 3.47. The van der Waals surface area contributed by atoms with Crippen molar-refractivity contribution in [3.05, 3.63) is 35.4 Å². The van der Waals surface area contributed by atoms with E-state index in [4.69, 9.17) is 11.6 Å². The van der Waals surface area contributed by atoms with Crippen LogP contribution in [0.15, 0.2) is 24.5 Å². The fourth-order valence-electron chi connectivity index (χ4n) is 1.18. The van der Waals surface area contributed by atoms with Crippen molar-refractivity contribution in [1.82, 2.24) is 9.97 Å². The van der Waals surface area contributed by atoms with Crippen LogP contribution in [0.3, 0.4) is 0 Å².